The third-order valence-corrected chi connectivity index (χ3v) is 5.25. The Balaban J connectivity index is 1.64. The number of hydrogen-bond acceptors (Lipinski definition) is 4. The summed E-state index contributed by atoms with van der Waals surface area (Å²) in [6, 6.07) is 11.3. The second-order valence-electron chi connectivity index (χ2n) is 7.77. The summed E-state index contributed by atoms with van der Waals surface area (Å²) in [6.07, 6.45) is 2.02. The van der Waals surface area contributed by atoms with Crippen molar-refractivity contribution in [2.45, 2.75) is 44.9 Å². The van der Waals surface area contributed by atoms with Gasteiger partial charge in [-0.3, -0.25) is 4.79 Å². The zero-order valence-electron chi connectivity index (χ0n) is 17.7. The summed E-state index contributed by atoms with van der Waals surface area (Å²) in [7, 11) is 0. The van der Waals surface area contributed by atoms with Crippen molar-refractivity contribution in [3.63, 3.8) is 0 Å². The molecule has 0 saturated heterocycles. The molecule has 2 N–H and O–H groups in total. The third kappa shape index (κ3) is 7.85. The molecular formula is C24H24F3NO5. The van der Waals surface area contributed by atoms with Gasteiger partial charge in [-0.05, 0) is 48.2 Å². The second-order valence-corrected chi connectivity index (χ2v) is 7.77. The highest BCUT2D eigenvalue weighted by atomic mass is 19.4. The standard InChI is InChI=1S/C24H24F3NO5/c25-24(26,27)33-21-8-4-3-7-20(21)32-18-12-9-17(10-13-18)15-19(23(30)31)28-22(29)14-11-16-5-1-2-6-16/h3-4,7-10,12-13,15-16H,1-2,5-6,11,14H2,(H,28,29)(H,30,31)/b19-15+. The average molecular weight is 463 g/mol. The van der Waals surface area contributed by atoms with Crippen LogP contribution in [0, 0.1) is 5.92 Å². The van der Waals surface area contributed by atoms with Crippen molar-refractivity contribution in [3.8, 4) is 17.2 Å². The van der Waals surface area contributed by atoms with Gasteiger partial charge in [0.2, 0.25) is 5.91 Å². The van der Waals surface area contributed by atoms with Gasteiger partial charge in [0.25, 0.3) is 0 Å². The van der Waals surface area contributed by atoms with Gasteiger partial charge in [0, 0.05) is 6.42 Å². The van der Waals surface area contributed by atoms with Crippen LogP contribution in [0.1, 0.15) is 44.1 Å². The maximum Gasteiger partial charge on any atom is 0.573 e. The highest BCUT2D eigenvalue weighted by Crippen LogP contribution is 2.35. The van der Waals surface area contributed by atoms with E-state index < -0.39 is 18.1 Å². The summed E-state index contributed by atoms with van der Waals surface area (Å²) in [5.41, 5.74) is 0.208. The Labute approximate surface area is 189 Å². The minimum Gasteiger partial charge on any atom is -0.477 e. The van der Waals surface area contributed by atoms with Gasteiger partial charge in [0.15, 0.2) is 11.5 Å². The summed E-state index contributed by atoms with van der Waals surface area (Å²) in [4.78, 5) is 23.7. The second kappa shape index (κ2) is 10.9. The van der Waals surface area contributed by atoms with Crippen LogP contribution in [0.3, 0.4) is 0 Å². The van der Waals surface area contributed by atoms with Crippen LogP contribution in [0.15, 0.2) is 54.2 Å². The zero-order valence-corrected chi connectivity index (χ0v) is 17.7. The Kier molecular flexibility index (Phi) is 7.97. The van der Waals surface area contributed by atoms with Crippen LogP contribution in [0.4, 0.5) is 13.2 Å². The lowest BCUT2D eigenvalue weighted by Gasteiger charge is -2.13. The smallest absolute Gasteiger partial charge is 0.477 e. The van der Waals surface area contributed by atoms with E-state index in [0.29, 0.717) is 11.5 Å². The Morgan fingerprint density at radius 1 is 1.03 bits per heavy atom. The number of carbonyl (C=O) groups excluding carboxylic acids is 1. The zero-order chi connectivity index (χ0) is 23.8. The fourth-order valence-electron chi connectivity index (χ4n) is 3.67. The summed E-state index contributed by atoms with van der Waals surface area (Å²) in [5, 5.41) is 11.9. The molecule has 33 heavy (non-hydrogen) atoms. The summed E-state index contributed by atoms with van der Waals surface area (Å²) in [5.74, 6) is -1.49. The minimum atomic E-state index is -4.86. The van der Waals surface area contributed by atoms with Crippen molar-refractivity contribution >= 4 is 18.0 Å². The van der Waals surface area contributed by atoms with Crippen molar-refractivity contribution < 1.29 is 37.3 Å². The monoisotopic (exact) mass is 463 g/mol. The number of nitrogens with one attached hydrogen (secondary N) is 1. The van der Waals surface area contributed by atoms with Gasteiger partial charge < -0.3 is 19.9 Å². The highest BCUT2D eigenvalue weighted by Gasteiger charge is 2.32. The van der Waals surface area contributed by atoms with Crippen LogP contribution in [0.25, 0.3) is 6.08 Å². The number of alkyl halides is 3. The number of carboxylic acid groups (broad SMARTS) is 1. The minimum absolute atomic E-state index is 0.126. The lowest BCUT2D eigenvalue weighted by atomic mass is 10.0. The normalized spacial score (nSPS) is 14.7. The molecule has 0 spiro atoms. The molecule has 0 atom stereocenters. The lowest BCUT2D eigenvalue weighted by molar-refractivity contribution is -0.275. The SMILES string of the molecule is O=C(CCC1CCCC1)N/C(=C/c1ccc(Oc2ccccc2OC(F)(F)F)cc1)C(=O)O. The molecule has 0 aromatic heterocycles. The number of amides is 1. The quantitative estimate of drug-likeness (QED) is 0.453. The van der Waals surface area contributed by atoms with Gasteiger partial charge in [-0.2, -0.15) is 0 Å². The van der Waals surface area contributed by atoms with Gasteiger partial charge in [0.05, 0.1) is 0 Å². The summed E-state index contributed by atoms with van der Waals surface area (Å²) >= 11 is 0. The predicted octanol–water partition coefficient (Wildman–Crippen LogP) is 5.89. The van der Waals surface area contributed by atoms with Crippen LogP contribution in [0.2, 0.25) is 0 Å². The van der Waals surface area contributed by atoms with Crippen molar-refractivity contribution in [1.82, 2.24) is 5.32 Å². The van der Waals surface area contributed by atoms with Crippen LogP contribution in [-0.4, -0.2) is 23.3 Å². The van der Waals surface area contributed by atoms with E-state index in [1.807, 2.05) is 0 Å². The number of rotatable bonds is 9. The molecule has 6 nitrogen and oxygen atoms in total. The van der Waals surface area contributed by atoms with Crippen molar-refractivity contribution in [2.75, 3.05) is 0 Å². The molecule has 2 aromatic rings. The summed E-state index contributed by atoms with van der Waals surface area (Å²) < 4.78 is 47.1. The van der Waals surface area contributed by atoms with Crippen molar-refractivity contribution in [2.24, 2.45) is 5.92 Å². The largest absolute Gasteiger partial charge is 0.573 e. The fraction of sp³-hybridized carbons (Fsp3) is 0.333. The summed E-state index contributed by atoms with van der Waals surface area (Å²) in [6.45, 7) is 0. The molecule has 1 amide bonds. The van der Waals surface area contributed by atoms with Gasteiger partial charge in [-0.1, -0.05) is 49.9 Å². The number of para-hydroxylation sites is 2. The Morgan fingerprint density at radius 2 is 1.67 bits per heavy atom. The van der Waals surface area contributed by atoms with Gasteiger partial charge in [0.1, 0.15) is 11.4 Å². The number of halogens is 3. The molecule has 0 unspecified atom stereocenters. The third-order valence-electron chi connectivity index (χ3n) is 5.25. The molecule has 1 saturated carbocycles. The number of aliphatic carboxylic acids is 1. The van der Waals surface area contributed by atoms with E-state index in [2.05, 4.69) is 10.1 Å². The van der Waals surface area contributed by atoms with Crippen LogP contribution in [-0.2, 0) is 9.59 Å². The molecule has 1 aliphatic carbocycles. The Hall–Kier alpha value is -3.49. The first kappa shape index (κ1) is 24.2. The topological polar surface area (TPSA) is 84.9 Å². The molecular weight excluding hydrogens is 439 g/mol. The van der Waals surface area contributed by atoms with Gasteiger partial charge in [-0.15, -0.1) is 13.2 Å². The van der Waals surface area contributed by atoms with Crippen LogP contribution in [0.5, 0.6) is 17.2 Å². The van der Waals surface area contributed by atoms with E-state index in [9.17, 15) is 27.9 Å². The molecule has 1 fully saturated rings. The van der Waals surface area contributed by atoms with Crippen molar-refractivity contribution in [3.05, 3.63) is 59.8 Å². The first-order valence-corrected chi connectivity index (χ1v) is 10.6. The van der Waals surface area contributed by atoms with Crippen LogP contribution >= 0.6 is 0 Å². The van der Waals surface area contributed by atoms with Crippen molar-refractivity contribution in [1.29, 1.82) is 0 Å². The number of hydrogen-bond donors (Lipinski definition) is 2. The lowest BCUT2D eigenvalue weighted by Crippen LogP contribution is -2.27. The maximum absolute atomic E-state index is 12.6. The Bertz CT molecular complexity index is 996. The van der Waals surface area contributed by atoms with E-state index in [1.54, 1.807) is 0 Å². The number of carbonyl (C=O) groups is 2. The molecule has 0 aliphatic heterocycles. The molecule has 3 rings (SSSR count). The number of ether oxygens (including phenoxy) is 2. The average Bonchev–Trinajstić information content (AvgIpc) is 3.27. The molecule has 2 aromatic carbocycles. The Morgan fingerprint density at radius 3 is 2.27 bits per heavy atom. The fourth-order valence-corrected chi connectivity index (χ4v) is 3.67. The highest BCUT2D eigenvalue weighted by molar-refractivity contribution is 5.96. The van der Waals surface area contributed by atoms with Crippen LogP contribution < -0.4 is 14.8 Å². The maximum atomic E-state index is 12.6. The molecule has 176 valence electrons. The molecule has 0 heterocycles. The van der Waals surface area contributed by atoms with E-state index in [-0.39, 0.29) is 29.5 Å². The van der Waals surface area contributed by atoms with Gasteiger partial charge in [-0.25, -0.2) is 4.79 Å². The molecule has 0 bridgehead atoms. The van der Waals surface area contributed by atoms with E-state index in [1.165, 1.54) is 61.4 Å². The van der Waals surface area contributed by atoms with E-state index in [4.69, 9.17) is 4.74 Å². The first-order valence-electron chi connectivity index (χ1n) is 10.6. The van der Waals surface area contributed by atoms with E-state index in [0.717, 1.165) is 25.3 Å². The number of carboxylic acids is 1. The molecule has 1 aliphatic rings. The first-order chi connectivity index (χ1) is 15.7. The van der Waals surface area contributed by atoms with E-state index >= 15 is 0 Å². The molecule has 9 heteroatoms. The molecule has 0 radical (unpaired) electrons. The van der Waals surface area contributed by atoms with Gasteiger partial charge >= 0.3 is 12.3 Å². The number of benzene rings is 2. The predicted molar refractivity (Wildman–Crippen MR) is 115 cm³/mol.